The maximum atomic E-state index is 13.4. The molecule has 1 aliphatic rings. The van der Waals surface area contributed by atoms with Crippen LogP contribution >= 0.6 is 11.7 Å². The second-order valence-electron chi connectivity index (χ2n) is 5.13. The Bertz CT molecular complexity index is 750. The van der Waals surface area contributed by atoms with E-state index in [0.29, 0.717) is 0 Å². The number of halogens is 1. The van der Waals surface area contributed by atoms with E-state index in [2.05, 4.69) is 18.6 Å². The monoisotopic (exact) mass is 288 g/mol. The third kappa shape index (κ3) is 2.01. The van der Waals surface area contributed by atoms with Crippen molar-refractivity contribution in [2.24, 2.45) is 0 Å². The van der Waals surface area contributed by atoms with Crippen LogP contribution in [0.1, 0.15) is 17.0 Å². The van der Waals surface area contributed by atoms with Crippen LogP contribution in [-0.4, -0.2) is 25.2 Å². The van der Waals surface area contributed by atoms with Gasteiger partial charge in [0, 0.05) is 42.7 Å². The first kappa shape index (κ1) is 12.0. The number of benzene rings is 1. The molecule has 1 aromatic carbocycles. The molecule has 20 heavy (non-hydrogen) atoms. The number of hydrogen-bond donors (Lipinski definition) is 1. The van der Waals surface area contributed by atoms with Crippen LogP contribution in [0.4, 0.5) is 4.39 Å². The lowest BCUT2D eigenvalue weighted by Gasteiger charge is -2.26. The number of rotatable bonds is 2. The van der Waals surface area contributed by atoms with Crippen LogP contribution in [0.5, 0.6) is 0 Å². The maximum absolute atomic E-state index is 13.4. The number of nitrogens with one attached hydrogen (secondary N) is 1. The van der Waals surface area contributed by atoms with Gasteiger partial charge in [0.05, 0.1) is 23.6 Å². The van der Waals surface area contributed by atoms with E-state index in [4.69, 9.17) is 0 Å². The number of fused-ring (bicyclic) bond motifs is 3. The summed E-state index contributed by atoms with van der Waals surface area (Å²) in [5.41, 5.74) is 4.48. The van der Waals surface area contributed by atoms with E-state index >= 15 is 0 Å². The number of aromatic amines is 1. The van der Waals surface area contributed by atoms with Crippen molar-refractivity contribution in [3.05, 3.63) is 47.2 Å². The van der Waals surface area contributed by atoms with E-state index in [-0.39, 0.29) is 5.82 Å². The van der Waals surface area contributed by atoms with Gasteiger partial charge in [0.15, 0.2) is 0 Å². The van der Waals surface area contributed by atoms with Gasteiger partial charge in [0.1, 0.15) is 5.82 Å². The molecular weight excluding hydrogens is 275 g/mol. The van der Waals surface area contributed by atoms with Gasteiger partial charge in [-0.25, -0.2) is 4.39 Å². The highest BCUT2D eigenvalue weighted by Gasteiger charge is 2.21. The van der Waals surface area contributed by atoms with Gasteiger partial charge in [-0.05, 0) is 23.8 Å². The molecule has 0 saturated heterocycles. The molecule has 0 radical (unpaired) electrons. The van der Waals surface area contributed by atoms with E-state index in [1.54, 1.807) is 6.07 Å². The van der Waals surface area contributed by atoms with Gasteiger partial charge in [-0.15, -0.1) is 0 Å². The Morgan fingerprint density at radius 1 is 1.40 bits per heavy atom. The van der Waals surface area contributed by atoms with Crippen molar-refractivity contribution in [1.82, 2.24) is 18.6 Å². The van der Waals surface area contributed by atoms with Crippen LogP contribution in [0.2, 0.25) is 0 Å². The normalized spacial score (nSPS) is 15.7. The summed E-state index contributed by atoms with van der Waals surface area (Å²) in [7, 11) is 0. The fourth-order valence-corrected chi connectivity index (χ4v) is 3.29. The summed E-state index contributed by atoms with van der Waals surface area (Å²) in [6.07, 6.45) is 2.78. The first-order chi connectivity index (χ1) is 9.79. The van der Waals surface area contributed by atoms with Crippen LogP contribution in [0.15, 0.2) is 24.4 Å². The Morgan fingerprint density at radius 2 is 2.35 bits per heavy atom. The molecule has 4 rings (SSSR count). The first-order valence-corrected chi connectivity index (χ1v) is 7.30. The summed E-state index contributed by atoms with van der Waals surface area (Å²) in [6, 6.07) is 4.94. The zero-order valence-corrected chi connectivity index (χ0v) is 11.6. The third-order valence-electron chi connectivity index (χ3n) is 3.81. The Balaban J connectivity index is 1.67. The molecule has 6 heteroatoms. The SMILES string of the molecule is Fc1ccc2[nH]c3c(c2c1)CN(Cc1cnsn1)CC3. The highest BCUT2D eigenvalue weighted by molar-refractivity contribution is 6.99. The molecule has 0 unspecified atom stereocenters. The average Bonchev–Trinajstić information content (AvgIpc) is 3.06. The van der Waals surface area contributed by atoms with Gasteiger partial charge in [0.25, 0.3) is 0 Å². The van der Waals surface area contributed by atoms with Crippen molar-refractivity contribution in [2.45, 2.75) is 19.5 Å². The second kappa shape index (κ2) is 4.64. The topological polar surface area (TPSA) is 44.8 Å². The molecule has 0 bridgehead atoms. The minimum Gasteiger partial charge on any atom is -0.358 e. The summed E-state index contributed by atoms with van der Waals surface area (Å²) in [5.74, 6) is -0.180. The van der Waals surface area contributed by atoms with Crippen molar-refractivity contribution in [2.75, 3.05) is 6.54 Å². The molecule has 0 fully saturated rings. The average molecular weight is 288 g/mol. The number of hydrogen-bond acceptors (Lipinski definition) is 4. The van der Waals surface area contributed by atoms with Crippen LogP contribution in [-0.2, 0) is 19.5 Å². The molecule has 0 amide bonds. The van der Waals surface area contributed by atoms with Crippen molar-refractivity contribution in [3.63, 3.8) is 0 Å². The molecule has 0 saturated carbocycles. The van der Waals surface area contributed by atoms with Crippen LogP contribution in [0.25, 0.3) is 10.9 Å². The summed E-state index contributed by atoms with van der Waals surface area (Å²) in [4.78, 5) is 5.73. The Kier molecular flexibility index (Phi) is 2.78. The zero-order valence-electron chi connectivity index (χ0n) is 10.8. The fraction of sp³-hybridized carbons (Fsp3) is 0.286. The van der Waals surface area contributed by atoms with E-state index in [9.17, 15) is 4.39 Å². The van der Waals surface area contributed by atoms with Gasteiger partial charge in [0.2, 0.25) is 0 Å². The van der Waals surface area contributed by atoms with Gasteiger partial charge >= 0.3 is 0 Å². The van der Waals surface area contributed by atoms with Gasteiger partial charge in [-0.1, -0.05) is 0 Å². The quantitative estimate of drug-likeness (QED) is 0.788. The minimum absolute atomic E-state index is 0.180. The lowest BCUT2D eigenvalue weighted by atomic mass is 10.0. The summed E-state index contributed by atoms with van der Waals surface area (Å²) in [5, 5.41) is 1.00. The molecule has 1 N–H and O–H groups in total. The molecule has 4 nitrogen and oxygen atoms in total. The predicted molar refractivity (Wildman–Crippen MR) is 76.0 cm³/mol. The predicted octanol–water partition coefficient (Wildman–Crippen LogP) is 2.72. The largest absolute Gasteiger partial charge is 0.358 e. The second-order valence-corrected chi connectivity index (χ2v) is 5.69. The Morgan fingerprint density at radius 3 is 3.20 bits per heavy atom. The molecule has 0 aliphatic carbocycles. The van der Waals surface area contributed by atoms with E-state index < -0.39 is 0 Å². The fourth-order valence-electron chi connectivity index (χ4n) is 2.86. The molecule has 3 aromatic rings. The zero-order chi connectivity index (χ0) is 13.5. The highest BCUT2D eigenvalue weighted by Crippen LogP contribution is 2.28. The van der Waals surface area contributed by atoms with Crippen molar-refractivity contribution in [3.8, 4) is 0 Å². The summed E-state index contributed by atoms with van der Waals surface area (Å²) < 4.78 is 21.7. The first-order valence-electron chi connectivity index (χ1n) is 6.57. The molecule has 2 aromatic heterocycles. The van der Waals surface area contributed by atoms with E-state index in [1.165, 1.54) is 29.1 Å². The van der Waals surface area contributed by atoms with E-state index in [0.717, 1.165) is 42.7 Å². The molecule has 0 atom stereocenters. The lowest BCUT2D eigenvalue weighted by Crippen LogP contribution is -2.29. The number of nitrogens with zero attached hydrogens (tertiary/aromatic N) is 3. The van der Waals surface area contributed by atoms with Gasteiger partial charge in [-0.2, -0.15) is 8.75 Å². The van der Waals surface area contributed by atoms with E-state index in [1.807, 2.05) is 12.3 Å². The van der Waals surface area contributed by atoms with Crippen LogP contribution < -0.4 is 0 Å². The Hall–Kier alpha value is -1.79. The highest BCUT2D eigenvalue weighted by atomic mass is 32.1. The summed E-state index contributed by atoms with van der Waals surface area (Å²) >= 11 is 1.24. The van der Waals surface area contributed by atoms with Crippen molar-refractivity contribution < 1.29 is 4.39 Å². The van der Waals surface area contributed by atoms with Crippen molar-refractivity contribution in [1.29, 1.82) is 0 Å². The van der Waals surface area contributed by atoms with Crippen molar-refractivity contribution >= 4 is 22.6 Å². The number of H-pyrrole nitrogens is 1. The Labute approximate surface area is 119 Å². The third-order valence-corrected chi connectivity index (χ3v) is 4.32. The van der Waals surface area contributed by atoms with Gasteiger partial charge in [-0.3, -0.25) is 4.90 Å². The van der Waals surface area contributed by atoms with Crippen LogP contribution in [0.3, 0.4) is 0 Å². The molecule has 0 spiro atoms. The number of aromatic nitrogens is 3. The molecule has 1 aliphatic heterocycles. The molecule has 3 heterocycles. The molecular formula is C14H13FN4S. The maximum Gasteiger partial charge on any atom is 0.123 e. The summed E-state index contributed by atoms with van der Waals surface area (Å²) in [6.45, 7) is 2.62. The standard InChI is InChI=1S/C14H13FN4S/c15-9-1-2-13-11(5-9)12-8-19(4-3-14(12)17-13)7-10-6-16-20-18-10/h1-2,5-6,17H,3-4,7-8H2. The van der Waals surface area contributed by atoms with Gasteiger partial charge < -0.3 is 4.98 Å². The van der Waals surface area contributed by atoms with Crippen LogP contribution in [0, 0.1) is 5.82 Å². The minimum atomic E-state index is -0.180. The molecule has 102 valence electrons. The lowest BCUT2D eigenvalue weighted by molar-refractivity contribution is 0.243. The smallest absolute Gasteiger partial charge is 0.123 e.